The van der Waals surface area contributed by atoms with Gasteiger partial charge < -0.3 is 18.9 Å². The van der Waals surface area contributed by atoms with Gasteiger partial charge in [0.1, 0.15) is 17.1 Å². The molecule has 1 aliphatic heterocycles. The van der Waals surface area contributed by atoms with E-state index in [4.69, 9.17) is 4.74 Å². The summed E-state index contributed by atoms with van der Waals surface area (Å²) in [6, 6.07) is 11.9. The smallest absolute Gasteiger partial charge is 0.274 e. The number of hydrogen-bond donors (Lipinski definition) is 0. The molecule has 0 N–H and O–H groups in total. The molecule has 6 heteroatoms. The van der Waals surface area contributed by atoms with E-state index >= 15 is 0 Å². The molecule has 3 heterocycles. The van der Waals surface area contributed by atoms with E-state index in [0.29, 0.717) is 18.8 Å². The van der Waals surface area contributed by atoms with Crippen molar-refractivity contribution in [3.63, 3.8) is 0 Å². The molecule has 134 valence electrons. The van der Waals surface area contributed by atoms with Gasteiger partial charge in [-0.15, -0.1) is 0 Å². The summed E-state index contributed by atoms with van der Waals surface area (Å²) in [7, 11) is 1.68. The number of aromatic nitrogens is 2. The van der Waals surface area contributed by atoms with Crippen molar-refractivity contribution in [2.24, 2.45) is 0 Å². The lowest BCUT2D eigenvalue weighted by molar-refractivity contribution is 0.0741. The van der Waals surface area contributed by atoms with E-state index in [2.05, 4.69) is 16.0 Å². The maximum atomic E-state index is 12.8. The molecule has 1 aromatic carbocycles. The molecule has 6 nitrogen and oxygen atoms in total. The first-order chi connectivity index (χ1) is 12.7. The third-order valence-electron chi connectivity index (χ3n) is 4.81. The van der Waals surface area contributed by atoms with Gasteiger partial charge in [0.25, 0.3) is 5.91 Å². The minimum atomic E-state index is -0.00831. The molecule has 4 rings (SSSR count). The van der Waals surface area contributed by atoms with Crippen LogP contribution in [-0.4, -0.2) is 53.5 Å². The van der Waals surface area contributed by atoms with E-state index in [-0.39, 0.29) is 5.91 Å². The standard InChI is InChI=1S/C20H22N4O2/c1-15-7-8-19-21-16(14-24(19)13-15)20(25)23-11-9-22(10-12-23)17-5-3-4-6-18(17)26-2/h3-8,13-14H,9-12H2,1-2H3. The summed E-state index contributed by atoms with van der Waals surface area (Å²) in [6.45, 7) is 4.92. The number of benzene rings is 1. The van der Waals surface area contributed by atoms with Crippen LogP contribution in [0.1, 0.15) is 16.1 Å². The summed E-state index contributed by atoms with van der Waals surface area (Å²) in [6.07, 6.45) is 3.80. The number of fused-ring (bicyclic) bond motifs is 1. The van der Waals surface area contributed by atoms with Gasteiger partial charge in [-0.25, -0.2) is 4.98 Å². The first-order valence-electron chi connectivity index (χ1n) is 8.78. The maximum Gasteiger partial charge on any atom is 0.274 e. The number of anilines is 1. The van der Waals surface area contributed by atoms with Crippen LogP contribution in [0.15, 0.2) is 48.8 Å². The molecule has 1 fully saturated rings. The van der Waals surface area contributed by atoms with Crippen LogP contribution in [0.4, 0.5) is 5.69 Å². The van der Waals surface area contributed by atoms with Crippen molar-refractivity contribution >= 4 is 17.2 Å². The molecule has 2 aromatic heterocycles. The van der Waals surface area contributed by atoms with Crippen LogP contribution < -0.4 is 9.64 Å². The van der Waals surface area contributed by atoms with Crippen molar-refractivity contribution in [1.29, 1.82) is 0 Å². The fourth-order valence-electron chi connectivity index (χ4n) is 3.41. The van der Waals surface area contributed by atoms with Crippen LogP contribution in [0.25, 0.3) is 5.65 Å². The molecular weight excluding hydrogens is 328 g/mol. The molecule has 0 spiro atoms. The molecule has 0 saturated carbocycles. The van der Waals surface area contributed by atoms with Gasteiger partial charge in [-0.2, -0.15) is 0 Å². The lowest BCUT2D eigenvalue weighted by atomic mass is 10.2. The summed E-state index contributed by atoms with van der Waals surface area (Å²) in [5, 5.41) is 0. The predicted molar refractivity (Wildman–Crippen MR) is 101 cm³/mol. The first kappa shape index (κ1) is 16.4. The predicted octanol–water partition coefficient (Wildman–Crippen LogP) is 2.61. The summed E-state index contributed by atoms with van der Waals surface area (Å²) in [5.41, 5.74) is 3.51. The molecular formula is C20H22N4O2. The van der Waals surface area contributed by atoms with E-state index in [1.54, 1.807) is 7.11 Å². The second kappa shape index (κ2) is 6.71. The second-order valence-corrected chi connectivity index (χ2v) is 6.55. The van der Waals surface area contributed by atoms with Gasteiger partial charge in [0.15, 0.2) is 0 Å². The van der Waals surface area contributed by atoms with Crippen molar-refractivity contribution in [1.82, 2.24) is 14.3 Å². The number of pyridine rings is 1. The fourth-order valence-corrected chi connectivity index (χ4v) is 3.41. The number of methoxy groups -OCH3 is 1. The Labute approximate surface area is 152 Å². The van der Waals surface area contributed by atoms with Crippen molar-refractivity contribution in [3.05, 3.63) is 60.0 Å². The number of imidazole rings is 1. The number of amides is 1. The minimum absolute atomic E-state index is 0.00831. The quantitative estimate of drug-likeness (QED) is 0.729. The zero-order valence-electron chi connectivity index (χ0n) is 15.1. The molecule has 0 atom stereocenters. The zero-order chi connectivity index (χ0) is 18.1. The fraction of sp³-hybridized carbons (Fsp3) is 0.300. The molecule has 1 saturated heterocycles. The van der Waals surface area contributed by atoms with Crippen LogP contribution in [0, 0.1) is 6.92 Å². The summed E-state index contributed by atoms with van der Waals surface area (Å²) in [4.78, 5) is 21.4. The maximum absolute atomic E-state index is 12.8. The molecule has 0 aliphatic carbocycles. The number of carbonyl (C=O) groups excluding carboxylic acids is 1. The average molecular weight is 350 g/mol. The van der Waals surface area contributed by atoms with Crippen molar-refractivity contribution < 1.29 is 9.53 Å². The Morgan fingerprint density at radius 1 is 1.04 bits per heavy atom. The lowest BCUT2D eigenvalue weighted by Gasteiger charge is -2.36. The van der Waals surface area contributed by atoms with Crippen LogP contribution in [0.5, 0.6) is 5.75 Å². The number of para-hydroxylation sites is 2. The van der Waals surface area contributed by atoms with Crippen molar-refractivity contribution in [3.8, 4) is 5.75 Å². The van der Waals surface area contributed by atoms with E-state index in [9.17, 15) is 4.79 Å². The second-order valence-electron chi connectivity index (χ2n) is 6.55. The van der Waals surface area contributed by atoms with Gasteiger partial charge in [0.05, 0.1) is 12.8 Å². The van der Waals surface area contributed by atoms with Crippen molar-refractivity contribution in [2.45, 2.75) is 6.92 Å². The number of nitrogens with zero attached hydrogens (tertiary/aromatic N) is 4. The van der Waals surface area contributed by atoms with Gasteiger partial charge in [-0.05, 0) is 30.7 Å². The number of hydrogen-bond acceptors (Lipinski definition) is 4. The van der Waals surface area contributed by atoms with Crippen molar-refractivity contribution in [2.75, 3.05) is 38.2 Å². The van der Waals surface area contributed by atoms with Crippen LogP contribution in [0.3, 0.4) is 0 Å². The third kappa shape index (κ3) is 2.98. The van der Waals surface area contributed by atoms with E-state index in [0.717, 1.165) is 35.7 Å². The Morgan fingerprint density at radius 2 is 1.81 bits per heavy atom. The van der Waals surface area contributed by atoms with Gasteiger partial charge in [-0.3, -0.25) is 4.79 Å². The van der Waals surface area contributed by atoms with E-state index < -0.39 is 0 Å². The molecule has 0 unspecified atom stereocenters. The monoisotopic (exact) mass is 350 g/mol. The lowest BCUT2D eigenvalue weighted by Crippen LogP contribution is -2.49. The van der Waals surface area contributed by atoms with Crippen LogP contribution in [-0.2, 0) is 0 Å². The van der Waals surface area contributed by atoms with Crippen LogP contribution >= 0.6 is 0 Å². The molecule has 1 aliphatic rings. The Hall–Kier alpha value is -3.02. The average Bonchev–Trinajstić information content (AvgIpc) is 3.10. The summed E-state index contributed by atoms with van der Waals surface area (Å²) >= 11 is 0. The minimum Gasteiger partial charge on any atom is -0.495 e. The molecule has 0 bridgehead atoms. The van der Waals surface area contributed by atoms with E-state index in [1.807, 2.05) is 58.9 Å². The Kier molecular flexibility index (Phi) is 4.24. The highest BCUT2D eigenvalue weighted by Gasteiger charge is 2.25. The SMILES string of the molecule is COc1ccccc1N1CCN(C(=O)c2cn3cc(C)ccc3n2)CC1. The number of carbonyl (C=O) groups is 1. The Bertz CT molecular complexity index is 942. The topological polar surface area (TPSA) is 50.1 Å². The first-order valence-corrected chi connectivity index (χ1v) is 8.78. The van der Waals surface area contributed by atoms with Gasteiger partial charge in [0.2, 0.25) is 0 Å². The number of rotatable bonds is 3. The molecule has 26 heavy (non-hydrogen) atoms. The Morgan fingerprint density at radius 3 is 2.58 bits per heavy atom. The normalized spacial score (nSPS) is 14.7. The highest BCUT2D eigenvalue weighted by Crippen LogP contribution is 2.28. The van der Waals surface area contributed by atoms with Gasteiger partial charge in [0, 0.05) is 38.6 Å². The molecule has 0 radical (unpaired) electrons. The highest BCUT2D eigenvalue weighted by atomic mass is 16.5. The summed E-state index contributed by atoms with van der Waals surface area (Å²) < 4.78 is 7.36. The number of piperazine rings is 1. The van der Waals surface area contributed by atoms with E-state index in [1.165, 1.54) is 0 Å². The largest absolute Gasteiger partial charge is 0.495 e. The molecule has 3 aromatic rings. The Balaban J connectivity index is 1.47. The number of aryl methyl sites for hydroxylation is 1. The summed E-state index contributed by atoms with van der Waals surface area (Å²) in [5.74, 6) is 0.856. The van der Waals surface area contributed by atoms with Crippen LogP contribution in [0.2, 0.25) is 0 Å². The number of ether oxygens (including phenoxy) is 1. The highest BCUT2D eigenvalue weighted by molar-refractivity contribution is 5.93. The third-order valence-corrected chi connectivity index (χ3v) is 4.81. The zero-order valence-corrected chi connectivity index (χ0v) is 15.1. The van der Waals surface area contributed by atoms with Gasteiger partial charge >= 0.3 is 0 Å². The van der Waals surface area contributed by atoms with Gasteiger partial charge in [-0.1, -0.05) is 18.2 Å². The molecule has 1 amide bonds.